The monoisotopic (exact) mass is 293 g/mol. The predicted octanol–water partition coefficient (Wildman–Crippen LogP) is 2.59. The van der Waals surface area contributed by atoms with Crippen LogP contribution in [0.3, 0.4) is 0 Å². The van der Waals surface area contributed by atoms with Crippen LogP contribution in [0.5, 0.6) is 0 Å². The molecular formula is C16H27N3O2. The summed E-state index contributed by atoms with van der Waals surface area (Å²) in [6.45, 7) is 10.5. The van der Waals surface area contributed by atoms with E-state index in [0.717, 1.165) is 38.3 Å². The van der Waals surface area contributed by atoms with Crippen LogP contribution in [0.4, 0.5) is 11.4 Å². The van der Waals surface area contributed by atoms with E-state index in [9.17, 15) is 4.79 Å². The van der Waals surface area contributed by atoms with Gasteiger partial charge in [-0.25, -0.2) is 4.79 Å². The average Bonchev–Trinajstić information content (AvgIpc) is 2.49. The van der Waals surface area contributed by atoms with Crippen LogP contribution < -0.4 is 11.1 Å². The third-order valence-electron chi connectivity index (χ3n) is 3.40. The molecule has 1 rings (SSSR count). The molecule has 0 aromatic heterocycles. The van der Waals surface area contributed by atoms with Crippen molar-refractivity contribution in [2.45, 2.75) is 27.2 Å². The molecule has 0 aliphatic rings. The van der Waals surface area contributed by atoms with Crippen molar-refractivity contribution in [2.75, 3.05) is 43.8 Å². The number of carbonyl (C=O) groups is 1. The van der Waals surface area contributed by atoms with Gasteiger partial charge in [0.1, 0.15) is 0 Å². The molecule has 5 heteroatoms. The molecule has 0 amide bonds. The topological polar surface area (TPSA) is 67.6 Å². The Balaban J connectivity index is 2.60. The molecule has 118 valence electrons. The Kier molecular flexibility index (Phi) is 7.61. The van der Waals surface area contributed by atoms with E-state index in [1.54, 1.807) is 19.1 Å². The minimum Gasteiger partial charge on any atom is -0.462 e. The number of carbonyl (C=O) groups excluding carboxylic acids is 1. The first-order valence-corrected chi connectivity index (χ1v) is 7.65. The van der Waals surface area contributed by atoms with Crippen molar-refractivity contribution in [1.29, 1.82) is 0 Å². The summed E-state index contributed by atoms with van der Waals surface area (Å²) in [5, 5.41) is 3.30. The number of nitrogen functional groups attached to an aromatic ring is 1. The fourth-order valence-corrected chi connectivity index (χ4v) is 2.16. The highest BCUT2D eigenvalue weighted by Crippen LogP contribution is 2.20. The molecule has 0 saturated carbocycles. The fourth-order valence-electron chi connectivity index (χ4n) is 2.16. The Hall–Kier alpha value is -1.75. The van der Waals surface area contributed by atoms with Gasteiger partial charge in [0.05, 0.1) is 12.2 Å². The lowest BCUT2D eigenvalue weighted by atomic mass is 10.1. The van der Waals surface area contributed by atoms with Crippen LogP contribution in [0.15, 0.2) is 18.2 Å². The van der Waals surface area contributed by atoms with Crippen LogP contribution in [0.1, 0.15) is 37.6 Å². The second-order valence-corrected chi connectivity index (χ2v) is 4.83. The van der Waals surface area contributed by atoms with E-state index in [0.29, 0.717) is 17.9 Å². The summed E-state index contributed by atoms with van der Waals surface area (Å²) in [5.41, 5.74) is 7.59. The minimum absolute atomic E-state index is 0.337. The van der Waals surface area contributed by atoms with E-state index in [-0.39, 0.29) is 5.97 Å². The van der Waals surface area contributed by atoms with Crippen molar-refractivity contribution in [3.8, 4) is 0 Å². The fraction of sp³-hybridized carbons (Fsp3) is 0.562. The van der Waals surface area contributed by atoms with Gasteiger partial charge in [-0.1, -0.05) is 13.8 Å². The summed E-state index contributed by atoms with van der Waals surface area (Å²) in [5.74, 6) is -0.337. The predicted molar refractivity (Wildman–Crippen MR) is 87.7 cm³/mol. The molecule has 0 atom stereocenters. The molecule has 0 radical (unpaired) electrons. The Labute approximate surface area is 127 Å². The number of anilines is 2. The molecule has 0 saturated heterocycles. The summed E-state index contributed by atoms with van der Waals surface area (Å²) in [4.78, 5) is 14.3. The molecule has 0 aliphatic heterocycles. The van der Waals surface area contributed by atoms with E-state index in [1.807, 2.05) is 6.07 Å². The first-order chi connectivity index (χ1) is 10.1. The van der Waals surface area contributed by atoms with Gasteiger partial charge < -0.3 is 20.7 Å². The van der Waals surface area contributed by atoms with E-state index in [2.05, 4.69) is 24.1 Å². The molecule has 3 N–H and O–H groups in total. The van der Waals surface area contributed by atoms with Gasteiger partial charge in [0.2, 0.25) is 0 Å². The summed E-state index contributed by atoms with van der Waals surface area (Å²) in [7, 11) is 0. The lowest BCUT2D eigenvalue weighted by Crippen LogP contribution is -2.25. The molecule has 1 aromatic rings. The van der Waals surface area contributed by atoms with Crippen LogP contribution in [-0.4, -0.2) is 43.7 Å². The maximum atomic E-state index is 11.9. The molecule has 0 heterocycles. The zero-order chi connectivity index (χ0) is 15.7. The Morgan fingerprint density at radius 2 is 2.00 bits per heavy atom. The number of nitrogens with two attached hydrogens (primary N) is 1. The number of hydrogen-bond acceptors (Lipinski definition) is 5. The molecule has 5 nitrogen and oxygen atoms in total. The quantitative estimate of drug-likeness (QED) is 0.416. The van der Waals surface area contributed by atoms with E-state index in [4.69, 9.17) is 10.5 Å². The van der Waals surface area contributed by atoms with Crippen LogP contribution in [0, 0.1) is 0 Å². The number of ether oxygens (including phenoxy) is 1. The Morgan fingerprint density at radius 1 is 1.29 bits per heavy atom. The molecule has 0 fully saturated rings. The third kappa shape index (κ3) is 5.63. The average molecular weight is 293 g/mol. The molecule has 0 aliphatic carbocycles. The summed E-state index contributed by atoms with van der Waals surface area (Å²) < 4.78 is 5.06. The number of nitrogens with one attached hydrogen (secondary N) is 1. The van der Waals surface area contributed by atoms with E-state index >= 15 is 0 Å². The first kappa shape index (κ1) is 17.3. The maximum absolute atomic E-state index is 11.9. The van der Waals surface area contributed by atoms with Crippen LogP contribution >= 0.6 is 0 Å². The van der Waals surface area contributed by atoms with Gasteiger partial charge in [-0.05, 0) is 51.2 Å². The van der Waals surface area contributed by atoms with Gasteiger partial charge in [0, 0.05) is 17.9 Å². The van der Waals surface area contributed by atoms with Crippen molar-refractivity contribution in [3.63, 3.8) is 0 Å². The second-order valence-electron chi connectivity index (χ2n) is 4.83. The van der Waals surface area contributed by atoms with Crippen molar-refractivity contribution in [2.24, 2.45) is 0 Å². The van der Waals surface area contributed by atoms with Crippen molar-refractivity contribution in [3.05, 3.63) is 23.8 Å². The smallest absolute Gasteiger partial charge is 0.340 e. The van der Waals surface area contributed by atoms with Gasteiger partial charge >= 0.3 is 5.97 Å². The van der Waals surface area contributed by atoms with E-state index in [1.165, 1.54) is 0 Å². The highest BCUT2D eigenvalue weighted by Gasteiger charge is 2.12. The largest absolute Gasteiger partial charge is 0.462 e. The van der Waals surface area contributed by atoms with Crippen molar-refractivity contribution >= 4 is 17.3 Å². The number of nitrogens with zero attached hydrogens (tertiary/aromatic N) is 1. The number of benzene rings is 1. The summed E-state index contributed by atoms with van der Waals surface area (Å²) in [6, 6.07) is 5.28. The van der Waals surface area contributed by atoms with Crippen molar-refractivity contribution < 1.29 is 9.53 Å². The first-order valence-electron chi connectivity index (χ1n) is 7.65. The van der Waals surface area contributed by atoms with Crippen LogP contribution in [-0.2, 0) is 4.74 Å². The van der Waals surface area contributed by atoms with Crippen LogP contribution in [0.2, 0.25) is 0 Å². The maximum Gasteiger partial charge on any atom is 0.340 e. The molecule has 21 heavy (non-hydrogen) atoms. The van der Waals surface area contributed by atoms with Crippen molar-refractivity contribution in [1.82, 2.24) is 4.90 Å². The zero-order valence-electron chi connectivity index (χ0n) is 13.3. The van der Waals surface area contributed by atoms with Gasteiger partial charge in [0.25, 0.3) is 0 Å². The standard InChI is InChI=1S/C16H27N3O2/c1-4-19(5-2)11-7-10-18-15-9-8-13(17)12-14(15)16(20)21-6-3/h8-9,12,18H,4-7,10-11,17H2,1-3H3. The normalized spacial score (nSPS) is 10.7. The van der Waals surface area contributed by atoms with Gasteiger partial charge in [-0.15, -0.1) is 0 Å². The summed E-state index contributed by atoms with van der Waals surface area (Å²) >= 11 is 0. The van der Waals surface area contributed by atoms with Gasteiger partial charge in [-0.2, -0.15) is 0 Å². The zero-order valence-corrected chi connectivity index (χ0v) is 13.3. The van der Waals surface area contributed by atoms with Crippen LogP contribution in [0.25, 0.3) is 0 Å². The third-order valence-corrected chi connectivity index (χ3v) is 3.40. The Morgan fingerprint density at radius 3 is 2.62 bits per heavy atom. The molecule has 0 unspecified atom stereocenters. The Bertz CT molecular complexity index is 445. The lowest BCUT2D eigenvalue weighted by molar-refractivity contribution is 0.0527. The molecular weight excluding hydrogens is 266 g/mol. The van der Waals surface area contributed by atoms with E-state index < -0.39 is 0 Å². The number of esters is 1. The lowest BCUT2D eigenvalue weighted by Gasteiger charge is -2.18. The van der Waals surface area contributed by atoms with Gasteiger partial charge in [-0.3, -0.25) is 0 Å². The molecule has 0 spiro atoms. The number of hydrogen-bond donors (Lipinski definition) is 2. The molecule has 1 aromatic carbocycles. The minimum atomic E-state index is -0.337. The highest BCUT2D eigenvalue weighted by molar-refractivity contribution is 5.96. The molecule has 0 bridgehead atoms. The SMILES string of the molecule is CCOC(=O)c1cc(N)ccc1NCCCN(CC)CC. The van der Waals surface area contributed by atoms with Gasteiger partial charge in [0.15, 0.2) is 0 Å². The highest BCUT2D eigenvalue weighted by atomic mass is 16.5. The number of rotatable bonds is 9. The second kappa shape index (κ2) is 9.23. The summed E-state index contributed by atoms with van der Waals surface area (Å²) in [6.07, 6.45) is 1.02.